The van der Waals surface area contributed by atoms with E-state index in [0.29, 0.717) is 22.1 Å². The summed E-state index contributed by atoms with van der Waals surface area (Å²) in [6.45, 7) is 0. The van der Waals surface area contributed by atoms with Crippen LogP contribution in [0.2, 0.25) is 5.02 Å². The Hall–Kier alpha value is -2.91. The van der Waals surface area contributed by atoms with E-state index >= 15 is 0 Å². The van der Waals surface area contributed by atoms with Gasteiger partial charge in [0.15, 0.2) is 5.78 Å². The average Bonchev–Trinajstić information content (AvgIpc) is 3.24. The third-order valence-corrected chi connectivity index (χ3v) is 6.16. The largest absolute Gasteiger partial charge is 0.377 e. The Morgan fingerprint density at radius 1 is 1.03 bits per heavy atom. The highest BCUT2D eigenvalue weighted by molar-refractivity contribution is 6.31. The Kier molecular flexibility index (Phi) is 4.48. The number of hydrogen-bond acceptors (Lipinski definition) is 2. The number of halogens is 2. The minimum absolute atomic E-state index is 0.00778. The highest BCUT2D eigenvalue weighted by Gasteiger charge is 2.39. The van der Waals surface area contributed by atoms with Gasteiger partial charge in [-0.05, 0) is 47.7 Å². The standard InChI is InChI=1S/C25H19ClFNO/c26-17-13-21-19-7-4-8-20(19)23(15-9-11-18(27)12-10-15)28-24(21)22(14-17)25(29)16-5-2-1-3-6-16/h1-7,9-14,19-20,23,28H,8H2/t19-,20-,23-/m1/s1. The fourth-order valence-electron chi connectivity index (χ4n) is 4.59. The molecule has 0 saturated carbocycles. The lowest BCUT2D eigenvalue weighted by Gasteiger charge is -2.38. The van der Waals surface area contributed by atoms with Crippen LogP contribution in [-0.2, 0) is 0 Å². The lowest BCUT2D eigenvalue weighted by atomic mass is 9.76. The predicted octanol–water partition coefficient (Wildman–Crippen LogP) is 6.54. The predicted molar refractivity (Wildman–Crippen MR) is 114 cm³/mol. The maximum atomic E-state index is 13.5. The third kappa shape index (κ3) is 3.16. The van der Waals surface area contributed by atoms with Crippen molar-refractivity contribution in [3.8, 4) is 0 Å². The van der Waals surface area contributed by atoms with Crippen molar-refractivity contribution in [2.75, 3.05) is 5.32 Å². The van der Waals surface area contributed by atoms with Crippen LogP contribution in [-0.4, -0.2) is 5.78 Å². The van der Waals surface area contributed by atoms with Crippen LogP contribution in [0.15, 0.2) is 78.9 Å². The van der Waals surface area contributed by atoms with Crippen molar-refractivity contribution in [3.63, 3.8) is 0 Å². The van der Waals surface area contributed by atoms with E-state index in [9.17, 15) is 9.18 Å². The lowest BCUT2D eigenvalue weighted by Crippen LogP contribution is -2.30. The molecular weight excluding hydrogens is 385 g/mol. The van der Waals surface area contributed by atoms with Crippen molar-refractivity contribution in [1.29, 1.82) is 0 Å². The summed E-state index contributed by atoms with van der Waals surface area (Å²) in [6, 6.07) is 19.5. The number of anilines is 1. The van der Waals surface area contributed by atoms with E-state index in [1.54, 1.807) is 6.07 Å². The Bertz CT molecular complexity index is 1110. The van der Waals surface area contributed by atoms with Gasteiger partial charge in [0.2, 0.25) is 0 Å². The second-order valence-corrected chi connectivity index (χ2v) is 8.08. The number of ketones is 1. The fraction of sp³-hybridized carbons (Fsp3) is 0.160. The van der Waals surface area contributed by atoms with Gasteiger partial charge in [0, 0.05) is 27.8 Å². The van der Waals surface area contributed by atoms with Gasteiger partial charge in [-0.3, -0.25) is 4.79 Å². The topological polar surface area (TPSA) is 29.1 Å². The summed E-state index contributed by atoms with van der Waals surface area (Å²) >= 11 is 6.43. The first-order chi connectivity index (χ1) is 14.1. The minimum Gasteiger partial charge on any atom is -0.377 e. The zero-order valence-electron chi connectivity index (χ0n) is 15.6. The van der Waals surface area contributed by atoms with E-state index in [-0.39, 0.29) is 23.6 Å². The molecule has 0 spiro atoms. The van der Waals surface area contributed by atoms with Crippen LogP contribution < -0.4 is 5.32 Å². The van der Waals surface area contributed by atoms with Gasteiger partial charge in [-0.25, -0.2) is 4.39 Å². The zero-order chi connectivity index (χ0) is 20.0. The van der Waals surface area contributed by atoms with E-state index in [1.807, 2.05) is 48.5 Å². The molecule has 3 aromatic rings. The molecule has 0 bridgehead atoms. The first-order valence-corrected chi connectivity index (χ1v) is 10.1. The van der Waals surface area contributed by atoms with Crippen LogP contribution in [0.4, 0.5) is 10.1 Å². The van der Waals surface area contributed by atoms with E-state index in [1.165, 1.54) is 12.1 Å². The maximum absolute atomic E-state index is 13.5. The van der Waals surface area contributed by atoms with Gasteiger partial charge in [-0.2, -0.15) is 0 Å². The molecule has 5 rings (SSSR count). The number of carbonyl (C=O) groups is 1. The van der Waals surface area contributed by atoms with Crippen molar-refractivity contribution in [1.82, 2.24) is 0 Å². The van der Waals surface area contributed by atoms with Crippen LogP contribution in [0, 0.1) is 11.7 Å². The maximum Gasteiger partial charge on any atom is 0.195 e. The molecule has 0 saturated heterocycles. The van der Waals surface area contributed by atoms with Crippen LogP contribution >= 0.6 is 11.6 Å². The lowest BCUT2D eigenvalue weighted by molar-refractivity contribution is 0.103. The molecule has 2 aliphatic rings. The Balaban J connectivity index is 1.64. The molecule has 2 nitrogen and oxygen atoms in total. The summed E-state index contributed by atoms with van der Waals surface area (Å²) in [5.41, 5.74) is 4.09. The van der Waals surface area contributed by atoms with Gasteiger partial charge in [0.25, 0.3) is 0 Å². The van der Waals surface area contributed by atoms with Crippen LogP contribution in [0.25, 0.3) is 0 Å². The summed E-state index contributed by atoms with van der Waals surface area (Å²) in [5, 5.41) is 4.17. The SMILES string of the molecule is O=C(c1ccccc1)c1cc(Cl)cc2c1N[C@H](c1ccc(F)cc1)[C@@H]1CC=C[C@@H]21. The van der Waals surface area contributed by atoms with Crippen molar-refractivity contribution in [2.24, 2.45) is 5.92 Å². The van der Waals surface area contributed by atoms with E-state index in [0.717, 1.165) is 23.2 Å². The van der Waals surface area contributed by atoms with Gasteiger partial charge in [0.1, 0.15) is 5.82 Å². The Morgan fingerprint density at radius 2 is 1.79 bits per heavy atom. The summed E-state index contributed by atoms with van der Waals surface area (Å²) in [6.07, 6.45) is 5.31. The van der Waals surface area contributed by atoms with Gasteiger partial charge >= 0.3 is 0 Å². The Labute approximate surface area is 174 Å². The highest BCUT2D eigenvalue weighted by atomic mass is 35.5. The number of carbonyl (C=O) groups excluding carboxylic acids is 1. The second kappa shape index (κ2) is 7.16. The van der Waals surface area contributed by atoms with Crippen LogP contribution in [0.5, 0.6) is 0 Å². The minimum atomic E-state index is -0.252. The smallest absolute Gasteiger partial charge is 0.195 e. The summed E-state index contributed by atoms with van der Waals surface area (Å²) in [5.74, 6) is 0.154. The first-order valence-electron chi connectivity index (χ1n) is 9.73. The monoisotopic (exact) mass is 403 g/mol. The molecule has 1 N–H and O–H groups in total. The summed E-state index contributed by atoms with van der Waals surface area (Å²) in [4.78, 5) is 13.3. The molecule has 3 aromatic carbocycles. The van der Waals surface area contributed by atoms with E-state index in [2.05, 4.69) is 17.5 Å². The molecule has 1 aliphatic heterocycles. The molecule has 4 heteroatoms. The van der Waals surface area contributed by atoms with E-state index < -0.39 is 0 Å². The van der Waals surface area contributed by atoms with Crippen molar-refractivity contribution in [2.45, 2.75) is 18.4 Å². The van der Waals surface area contributed by atoms with Crippen molar-refractivity contribution >= 4 is 23.1 Å². The highest BCUT2D eigenvalue weighted by Crippen LogP contribution is 2.51. The zero-order valence-corrected chi connectivity index (χ0v) is 16.4. The number of allylic oxidation sites excluding steroid dienone is 2. The van der Waals surface area contributed by atoms with Gasteiger partial charge in [-0.15, -0.1) is 0 Å². The molecule has 0 aromatic heterocycles. The summed E-state index contributed by atoms with van der Waals surface area (Å²) < 4.78 is 13.5. The van der Waals surface area contributed by atoms with Gasteiger partial charge in [0.05, 0.1) is 6.04 Å². The molecule has 0 amide bonds. The molecule has 0 fully saturated rings. The normalized spacial score (nSPS) is 21.9. The number of nitrogens with one attached hydrogen (secondary N) is 1. The number of rotatable bonds is 3. The molecule has 0 unspecified atom stereocenters. The molecule has 0 radical (unpaired) electrons. The molecule has 1 heterocycles. The van der Waals surface area contributed by atoms with Gasteiger partial charge in [-0.1, -0.05) is 66.2 Å². The van der Waals surface area contributed by atoms with Crippen molar-refractivity contribution < 1.29 is 9.18 Å². The van der Waals surface area contributed by atoms with Crippen LogP contribution in [0.1, 0.15) is 45.4 Å². The molecule has 1 aliphatic carbocycles. The van der Waals surface area contributed by atoms with Gasteiger partial charge < -0.3 is 5.32 Å². The quantitative estimate of drug-likeness (QED) is 0.397. The fourth-order valence-corrected chi connectivity index (χ4v) is 4.82. The Morgan fingerprint density at radius 3 is 2.55 bits per heavy atom. The van der Waals surface area contributed by atoms with Crippen LogP contribution in [0.3, 0.4) is 0 Å². The third-order valence-electron chi connectivity index (χ3n) is 5.94. The van der Waals surface area contributed by atoms with E-state index in [4.69, 9.17) is 11.6 Å². The molecule has 3 atom stereocenters. The molecule has 29 heavy (non-hydrogen) atoms. The average molecular weight is 404 g/mol. The number of benzene rings is 3. The molecular formula is C25H19ClFNO. The first kappa shape index (κ1) is 18.1. The summed E-state index contributed by atoms with van der Waals surface area (Å²) in [7, 11) is 0. The molecule has 144 valence electrons. The second-order valence-electron chi connectivity index (χ2n) is 7.64. The number of fused-ring (bicyclic) bond motifs is 3. The number of hydrogen-bond donors (Lipinski definition) is 1. The van der Waals surface area contributed by atoms with Crippen molar-refractivity contribution in [3.05, 3.63) is 112 Å².